The van der Waals surface area contributed by atoms with Crippen molar-refractivity contribution in [1.29, 1.82) is 0 Å². The van der Waals surface area contributed by atoms with E-state index in [0.717, 1.165) is 42.1 Å². The molecule has 5 aromatic carbocycles. The Bertz CT molecular complexity index is 1840. The molecular formula is C55H76INO3P+. The molecule has 330 valence electrons. The normalized spacial score (nSPS) is 12.8. The van der Waals surface area contributed by atoms with E-state index in [4.69, 9.17) is 14.2 Å². The molecule has 61 heavy (non-hydrogen) atoms. The summed E-state index contributed by atoms with van der Waals surface area (Å²) in [6.45, 7) is 11.5. The van der Waals surface area contributed by atoms with Gasteiger partial charge in [-0.1, -0.05) is 52.2 Å². The predicted molar refractivity (Wildman–Crippen MR) is 274 cm³/mol. The van der Waals surface area contributed by atoms with Crippen LogP contribution in [0.1, 0.15) is 109 Å². The van der Waals surface area contributed by atoms with Crippen LogP contribution in [-0.4, -0.2) is 57.7 Å². The molecule has 0 spiro atoms. The van der Waals surface area contributed by atoms with E-state index in [1.165, 1.54) is 104 Å². The van der Waals surface area contributed by atoms with Crippen molar-refractivity contribution < 1.29 is 18.7 Å². The predicted octanol–water partition coefficient (Wildman–Crippen LogP) is 13.6. The number of likely N-dealkylation sites (N-methyl/N-ethyl adjacent to an activating group) is 1. The van der Waals surface area contributed by atoms with Crippen molar-refractivity contribution in [2.75, 3.05) is 53.2 Å². The first-order chi connectivity index (χ1) is 29.5. The van der Waals surface area contributed by atoms with Crippen LogP contribution in [0.4, 0.5) is 0 Å². The number of hydrogen-bond acceptors (Lipinski definition) is 3. The van der Waals surface area contributed by atoms with Crippen molar-refractivity contribution in [3.05, 3.63) is 151 Å². The molecule has 0 aliphatic carbocycles. The summed E-state index contributed by atoms with van der Waals surface area (Å²) in [4.78, 5) is 0. The van der Waals surface area contributed by atoms with Gasteiger partial charge in [-0.2, -0.15) is 0 Å². The summed E-state index contributed by atoms with van der Waals surface area (Å²) < 4.78 is 16.3. The molecule has 0 radical (unpaired) electrons. The Morgan fingerprint density at radius 3 is 1.51 bits per heavy atom. The number of ether oxygens (including phenoxy) is 3. The zero-order valence-corrected chi connectivity index (χ0v) is 41.3. The molecule has 0 aromatic heterocycles. The van der Waals surface area contributed by atoms with E-state index in [2.05, 4.69) is 196 Å². The molecule has 0 N–H and O–H groups in total. The van der Waals surface area contributed by atoms with Crippen LogP contribution in [0.3, 0.4) is 0 Å². The Morgan fingerprint density at radius 2 is 0.984 bits per heavy atom. The minimum atomic E-state index is -2.65. The number of halogens is 1. The summed E-state index contributed by atoms with van der Waals surface area (Å²) in [6.07, 6.45) is 16.3. The van der Waals surface area contributed by atoms with Gasteiger partial charge in [-0.25, -0.2) is 0 Å². The Labute approximate surface area is 383 Å². The van der Waals surface area contributed by atoms with Gasteiger partial charge in [-0.15, -0.1) is 0 Å². The van der Waals surface area contributed by atoms with Crippen LogP contribution < -0.4 is 25.4 Å². The molecule has 0 heterocycles. The van der Waals surface area contributed by atoms with Gasteiger partial charge in [0.05, 0.1) is 27.3 Å². The molecule has 0 unspecified atom stereocenters. The third-order valence-corrected chi connectivity index (χ3v) is 24.3. The van der Waals surface area contributed by atoms with Crippen molar-refractivity contribution in [2.24, 2.45) is 0 Å². The number of hydrogen-bond donors (Lipinski definition) is 0. The Hall–Kier alpha value is -3.22. The molecule has 5 aromatic rings. The molecule has 0 aliphatic rings. The van der Waals surface area contributed by atoms with E-state index >= 15 is 0 Å². The zero-order valence-electron chi connectivity index (χ0n) is 38.2. The van der Waals surface area contributed by atoms with E-state index in [-0.39, 0.29) is 5.41 Å². The maximum absolute atomic E-state index is 6.14. The van der Waals surface area contributed by atoms with Crippen LogP contribution in [0.2, 0.25) is 0 Å². The number of benzene rings is 5. The average molecular weight is 957 g/mol. The van der Waals surface area contributed by atoms with Crippen molar-refractivity contribution in [3.63, 3.8) is 0 Å². The standard InChI is InChI=1S/C55H76INO3P/c1-6-7-23-40-55(2,3)49-34-38-51(39-35-49)60-45-44-58-43-41-57(4,5)47-48-32-36-50(37-33-48)59-42-24-12-10-8-9-11-13-25-46-61(56,52-26-17-14-18-27-52,53-28-19-15-20-29-53)54-30-21-16-22-31-54/h14-22,26-39H,6-13,23-25,40-47H2,1-5H3/q+1. The van der Waals surface area contributed by atoms with Gasteiger partial charge >= 0.3 is 208 Å². The molecular weight excluding hydrogens is 880 g/mol. The molecule has 4 nitrogen and oxygen atoms in total. The summed E-state index contributed by atoms with van der Waals surface area (Å²) in [6, 6.07) is 51.4. The topological polar surface area (TPSA) is 27.7 Å². The fourth-order valence-electron chi connectivity index (χ4n) is 8.67. The molecule has 0 fully saturated rings. The molecule has 0 saturated heterocycles. The molecule has 0 atom stereocenters. The summed E-state index contributed by atoms with van der Waals surface area (Å²) in [5.74, 6) is 1.88. The quantitative estimate of drug-likeness (QED) is 0.0207. The van der Waals surface area contributed by atoms with Crippen molar-refractivity contribution in [1.82, 2.24) is 0 Å². The first kappa shape index (κ1) is 48.8. The van der Waals surface area contributed by atoms with Crippen LogP contribution in [0, 0.1) is 0 Å². The first-order valence-corrected chi connectivity index (χ1v) is 28.5. The maximum Gasteiger partial charge on any atom is -0.0195 e. The average Bonchev–Trinajstić information content (AvgIpc) is 3.28. The zero-order chi connectivity index (χ0) is 43.3. The number of unbranched alkanes of at least 4 members (excludes halogenated alkanes) is 9. The van der Waals surface area contributed by atoms with Gasteiger partial charge in [-0.3, -0.25) is 0 Å². The molecule has 5 rings (SSSR count). The summed E-state index contributed by atoms with van der Waals surface area (Å²) >= 11 is 2.93. The van der Waals surface area contributed by atoms with Gasteiger partial charge in [0.25, 0.3) is 0 Å². The van der Waals surface area contributed by atoms with Gasteiger partial charge in [-0.05, 0) is 53.8 Å². The van der Waals surface area contributed by atoms with Gasteiger partial charge < -0.3 is 14.0 Å². The van der Waals surface area contributed by atoms with Crippen LogP contribution >= 0.6 is 26.3 Å². The number of nitrogens with zero attached hydrogens (tertiary/aromatic N) is 1. The van der Waals surface area contributed by atoms with Crippen molar-refractivity contribution in [2.45, 2.75) is 110 Å². The third kappa shape index (κ3) is 14.7. The fraction of sp³-hybridized carbons (Fsp3) is 0.455. The van der Waals surface area contributed by atoms with E-state index in [9.17, 15) is 0 Å². The van der Waals surface area contributed by atoms with Crippen LogP contribution in [0.5, 0.6) is 11.5 Å². The smallest absolute Gasteiger partial charge is 0.0195 e. The minimum absolute atomic E-state index is 0.201. The second-order valence-corrected chi connectivity index (χ2v) is 29.1. The summed E-state index contributed by atoms with van der Waals surface area (Å²) in [5, 5.41) is 4.45. The van der Waals surface area contributed by atoms with Crippen molar-refractivity contribution >= 4 is 42.2 Å². The Morgan fingerprint density at radius 1 is 0.508 bits per heavy atom. The van der Waals surface area contributed by atoms with Crippen molar-refractivity contribution in [3.8, 4) is 11.5 Å². The molecule has 0 bridgehead atoms. The largest absolute Gasteiger partial charge is 0.0548 e. The summed E-state index contributed by atoms with van der Waals surface area (Å²) in [5.41, 5.74) is 2.90. The van der Waals surface area contributed by atoms with E-state index in [0.29, 0.717) is 19.8 Å². The van der Waals surface area contributed by atoms with Crippen LogP contribution in [0.25, 0.3) is 0 Å². The SMILES string of the molecule is CCCCCC(C)(C)c1ccc(OCCOCC[N+](C)(C)Cc2ccc(OCCCCCCCCCCP(I)(c3ccccc3)(c3ccccc3)c3ccccc3)cc2)cc1. The molecule has 0 aliphatic heterocycles. The molecule has 0 amide bonds. The Balaban J connectivity index is 0.922. The number of quaternary nitrogens is 1. The minimum Gasteiger partial charge on any atom is -0.0548 e. The molecule has 0 saturated carbocycles. The van der Waals surface area contributed by atoms with Crippen LogP contribution in [0.15, 0.2) is 140 Å². The Kier molecular flexibility index (Phi) is 19.7. The second kappa shape index (κ2) is 24.6. The van der Waals surface area contributed by atoms with Gasteiger partial charge in [0, 0.05) is 5.56 Å². The third-order valence-electron chi connectivity index (χ3n) is 12.5. The van der Waals surface area contributed by atoms with Gasteiger partial charge in [0.2, 0.25) is 0 Å². The van der Waals surface area contributed by atoms with Crippen LogP contribution in [-0.2, 0) is 16.7 Å². The van der Waals surface area contributed by atoms with E-state index in [1.54, 1.807) is 0 Å². The number of rotatable bonds is 29. The molecule has 6 heteroatoms. The first-order valence-electron chi connectivity index (χ1n) is 23.3. The maximum atomic E-state index is 6.14. The monoisotopic (exact) mass is 956 g/mol. The van der Waals surface area contributed by atoms with Gasteiger partial charge in [0.1, 0.15) is 25.4 Å². The van der Waals surface area contributed by atoms with E-state index < -0.39 is 4.25 Å². The van der Waals surface area contributed by atoms with E-state index in [1.807, 2.05) is 0 Å². The fourth-order valence-corrected chi connectivity index (χ4v) is 17.5. The van der Waals surface area contributed by atoms with Gasteiger partial charge in [0.15, 0.2) is 0 Å². The second-order valence-electron chi connectivity index (χ2n) is 18.4. The summed E-state index contributed by atoms with van der Waals surface area (Å²) in [7, 11) is 4.54.